The van der Waals surface area contributed by atoms with E-state index in [9.17, 15) is 48.9 Å². The molecule has 0 aliphatic carbocycles. The molecular weight excluding hydrogens is 620 g/mol. The summed E-state index contributed by atoms with van der Waals surface area (Å²) in [6.45, 7) is -0.394. The van der Waals surface area contributed by atoms with E-state index in [1.807, 2.05) is 0 Å². The van der Waals surface area contributed by atoms with Crippen LogP contribution in [-0.4, -0.2) is 114 Å². The first-order chi connectivity index (χ1) is 20.1. The number of ketones is 1. The third kappa shape index (κ3) is 8.06. The third-order valence-electron chi connectivity index (χ3n) is 6.88. The van der Waals surface area contributed by atoms with Crippen molar-refractivity contribution in [2.24, 2.45) is 5.73 Å². The fourth-order valence-corrected chi connectivity index (χ4v) is 6.70. The average Bonchev–Trinajstić information content (AvgIpc) is 3.40. The van der Waals surface area contributed by atoms with Crippen LogP contribution in [-0.2, 0) is 41.6 Å². The highest BCUT2D eigenvalue weighted by atomic mass is 31.3. The van der Waals surface area contributed by atoms with E-state index in [0.29, 0.717) is 12.0 Å². The van der Waals surface area contributed by atoms with Crippen molar-refractivity contribution in [3.63, 3.8) is 0 Å². The quantitative estimate of drug-likeness (QED) is 0.117. The maximum Gasteiger partial charge on any atom is 0.481 e. The Kier molecular flexibility index (Phi) is 10.5. The largest absolute Gasteiger partial charge is 0.481 e. The molecule has 240 valence electrons. The van der Waals surface area contributed by atoms with Gasteiger partial charge in [0.05, 0.1) is 13.2 Å². The first kappa shape index (κ1) is 33.6. The lowest BCUT2D eigenvalue weighted by atomic mass is 10.1. The van der Waals surface area contributed by atoms with Crippen LogP contribution >= 0.6 is 15.6 Å². The van der Waals surface area contributed by atoms with Gasteiger partial charge < -0.3 is 55.2 Å². The normalized spacial score (nSPS) is 35.3. The van der Waals surface area contributed by atoms with Gasteiger partial charge in [0.1, 0.15) is 36.6 Å². The van der Waals surface area contributed by atoms with E-state index in [0.717, 1.165) is 0 Å². The molecule has 2 unspecified atom stereocenters. The molecule has 0 aromatic heterocycles. The van der Waals surface area contributed by atoms with Crippen LogP contribution in [0.5, 0.6) is 0 Å². The number of ether oxygens (including phenoxy) is 2. The maximum atomic E-state index is 12.4. The van der Waals surface area contributed by atoms with Gasteiger partial charge in [0.25, 0.3) is 0 Å². The minimum Gasteiger partial charge on any atom is -0.387 e. The number of carbonyl (C=O) groups is 2. The first-order valence-electron chi connectivity index (χ1n) is 12.9. The molecule has 4 aliphatic heterocycles. The van der Waals surface area contributed by atoms with E-state index in [1.165, 1.54) is 41.5 Å². The van der Waals surface area contributed by atoms with Crippen molar-refractivity contribution >= 4 is 27.3 Å². The number of carbonyl (C=O) groups excluding carboxylic acids is 2. The van der Waals surface area contributed by atoms with E-state index in [-0.39, 0.29) is 17.8 Å². The Bertz CT molecular complexity index is 1210. The van der Waals surface area contributed by atoms with Crippen LogP contribution in [0.4, 0.5) is 0 Å². The third-order valence-corrected chi connectivity index (χ3v) is 9.48. The summed E-state index contributed by atoms with van der Waals surface area (Å²) < 4.78 is 49.4. The highest BCUT2D eigenvalue weighted by molar-refractivity contribution is 7.61. The lowest BCUT2D eigenvalue weighted by Crippen LogP contribution is -2.40. The summed E-state index contributed by atoms with van der Waals surface area (Å²) in [4.78, 5) is 45.7. The second kappa shape index (κ2) is 13.4. The molecule has 0 bridgehead atoms. The molecule has 0 spiro atoms. The van der Waals surface area contributed by atoms with Crippen molar-refractivity contribution in [2.45, 2.75) is 68.8 Å². The van der Waals surface area contributed by atoms with Gasteiger partial charge >= 0.3 is 15.6 Å². The predicted octanol–water partition coefficient (Wildman–Crippen LogP) is -1.59. The van der Waals surface area contributed by atoms with Gasteiger partial charge in [-0.3, -0.25) is 18.6 Å². The van der Waals surface area contributed by atoms with Crippen LogP contribution in [0.1, 0.15) is 19.8 Å². The number of rotatable bonds is 12. The van der Waals surface area contributed by atoms with Crippen molar-refractivity contribution in [1.82, 2.24) is 9.80 Å². The van der Waals surface area contributed by atoms with E-state index in [1.54, 1.807) is 12.2 Å². The molecule has 0 saturated carbocycles. The lowest BCUT2D eigenvalue weighted by Gasteiger charge is -2.28. The van der Waals surface area contributed by atoms with Gasteiger partial charge in [-0.15, -0.1) is 0 Å². The molecule has 4 aliphatic rings. The minimum atomic E-state index is -5.35. The number of phosphoric acid groups is 2. The number of amides is 1. The number of aliphatic hydroxyl groups is 4. The zero-order valence-electron chi connectivity index (χ0n) is 22.6. The minimum absolute atomic E-state index is 0.197. The average molecular weight is 653 g/mol. The summed E-state index contributed by atoms with van der Waals surface area (Å²) in [6.07, 6.45) is -2.06. The number of nitrogens with zero attached hydrogens (tertiary/aromatic N) is 2. The van der Waals surface area contributed by atoms with Crippen molar-refractivity contribution in [3.05, 3.63) is 48.1 Å². The van der Waals surface area contributed by atoms with Gasteiger partial charge in [-0.25, -0.2) is 9.13 Å². The monoisotopic (exact) mass is 653 g/mol. The second-order valence-corrected chi connectivity index (χ2v) is 13.0. The number of phosphoric ester groups is 2. The summed E-state index contributed by atoms with van der Waals surface area (Å²) in [7, 11) is -10.7. The lowest BCUT2D eigenvalue weighted by molar-refractivity contribution is -0.115. The first-order valence-corrected chi connectivity index (χ1v) is 15.9. The zero-order valence-corrected chi connectivity index (χ0v) is 24.4. The highest BCUT2D eigenvalue weighted by Gasteiger charge is 2.48. The number of hydrogen-bond donors (Lipinski definition) is 7. The van der Waals surface area contributed by atoms with Crippen molar-refractivity contribution < 1.29 is 71.8 Å². The standard InChI is InChI=1S/C23H33N3O15P2/c1-12(27)13-4-2-6-25(8-13)22-19(30)17(28)15(39-22)10-37-42(33,34)41-43(35,36)38-11-16-18(29)20(31)23(40-16)26-7-3-5-14(9-26)21(24)32/h2-3,6-9,15-20,22-23,28-31H,4-5,10-11H2,1H3,(H2,24,32)(H,33,34)(H,35,36)/t15-,16-,17-,18-,19-,20-,22+,23+/m1/s1. The molecule has 0 aromatic carbocycles. The number of Topliss-reactive ketones (excluding diaryl/α,β-unsaturated/α-hetero) is 1. The van der Waals surface area contributed by atoms with Crippen LogP contribution in [0.2, 0.25) is 0 Å². The van der Waals surface area contributed by atoms with Crippen molar-refractivity contribution in [1.29, 1.82) is 0 Å². The van der Waals surface area contributed by atoms with Crippen LogP contribution in [0.3, 0.4) is 0 Å². The Balaban J connectivity index is 1.29. The Morgan fingerprint density at radius 3 is 1.67 bits per heavy atom. The van der Waals surface area contributed by atoms with E-state index in [2.05, 4.69) is 8.83 Å². The van der Waals surface area contributed by atoms with Crippen molar-refractivity contribution in [2.75, 3.05) is 13.2 Å². The summed E-state index contributed by atoms with van der Waals surface area (Å²) in [5.41, 5.74) is 5.88. The molecule has 8 N–H and O–H groups in total. The number of primary amides is 1. The molecule has 43 heavy (non-hydrogen) atoms. The van der Waals surface area contributed by atoms with E-state index in [4.69, 9.17) is 19.7 Å². The molecule has 0 aromatic rings. The number of hydrogen-bond acceptors (Lipinski definition) is 15. The maximum absolute atomic E-state index is 12.4. The van der Waals surface area contributed by atoms with Crippen LogP contribution in [0.15, 0.2) is 48.1 Å². The molecule has 2 fully saturated rings. The van der Waals surface area contributed by atoms with Crippen LogP contribution in [0.25, 0.3) is 0 Å². The molecule has 10 atom stereocenters. The Hall–Kier alpha value is -2.28. The van der Waals surface area contributed by atoms with Gasteiger partial charge in [-0.1, -0.05) is 12.2 Å². The van der Waals surface area contributed by atoms with Crippen molar-refractivity contribution in [3.8, 4) is 0 Å². The summed E-state index contributed by atoms with van der Waals surface area (Å²) in [5.74, 6) is -0.919. The van der Waals surface area contributed by atoms with Gasteiger partial charge in [-0.05, 0) is 19.8 Å². The molecule has 1 amide bonds. The topological polar surface area (TPSA) is 268 Å². The van der Waals surface area contributed by atoms with E-state index >= 15 is 0 Å². The number of aliphatic hydroxyl groups excluding tert-OH is 4. The van der Waals surface area contributed by atoms with Crippen LogP contribution < -0.4 is 5.73 Å². The highest BCUT2D eigenvalue weighted by Crippen LogP contribution is 2.60. The zero-order chi connectivity index (χ0) is 31.7. The molecule has 18 nitrogen and oxygen atoms in total. The number of allylic oxidation sites excluding steroid dienone is 3. The second-order valence-electron chi connectivity index (χ2n) is 10.0. The Morgan fingerprint density at radius 1 is 0.837 bits per heavy atom. The molecule has 4 heterocycles. The molecule has 20 heteroatoms. The summed E-state index contributed by atoms with van der Waals surface area (Å²) >= 11 is 0. The Morgan fingerprint density at radius 2 is 1.26 bits per heavy atom. The Labute approximate surface area is 245 Å². The summed E-state index contributed by atoms with van der Waals surface area (Å²) in [5, 5.41) is 41.5. The molecule has 0 radical (unpaired) electrons. The number of nitrogens with two attached hydrogens (primary N) is 1. The predicted molar refractivity (Wildman–Crippen MR) is 141 cm³/mol. The van der Waals surface area contributed by atoms with Gasteiger partial charge in [0.15, 0.2) is 18.2 Å². The molecule has 4 rings (SSSR count). The molecular formula is C23H33N3O15P2. The van der Waals surface area contributed by atoms with E-state index < -0.39 is 83.8 Å². The van der Waals surface area contributed by atoms with Gasteiger partial charge in [0, 0.05) is 35.9 Å². The fraction of sp³-hybridized carbons (Fsp3) is 0.565. The van der Waals surface area contributed by atoms with Crippen LogP contribution in [0, 0.1) is 0 Å². The van der Waals surface area contributed by atoms with Gasteiger partial charge in [-0.2, -0.15) is 4.31 Å². The summed E-state index contributed by atoms with van der Waals surface area (Å²) in [6, 6.07) is 0. The smallest absolute Gasteiger partial charge is 0.387 e. The van der Waals surface area contributed by atoms with Gasteiger partial charge in [0.2, 0.25) is 5.91 Å². The fourth-order valence-electron chi connectivity index (χ4n) is 4.61. The molecule has 2 saturated heterocycles. The SMILES string of the molecule is CC(=O)C1=CN([C@H]2O[C@H](COP(=O)(O)OP(=O)(O)OC[C@H]3O[C@H](N4C=CCC(C(N)=O)=C4)[C@H](O)[C@@H]3O)[C@@H](O)[C@H]2O)C=CC1.